The van der Waals surface area contributed by atoms with Crippen LogP contribution in [0.4, 0.5) is 17.3 Å². The molecule has 0 aliphatic heterocycles. The SMILES string of the molecule is Cc1cnc(Nc2ccc(C(=O)Nc3cc(CCl)ccc3CN)cc2)nc1Cc1ccccc1. The average Bonchev–Trinajstić information content (AvgIpc) is 2.87. The molecule has 0 bridgehead atoms. The van der Waals surface area contributed by atoms with E-state index in [0.717, 1.165) is 34.5 Å². The van der Waals surface area contributed by atoms with Crippen molar-refractivity contribution >= 4 is 34.8 Å². The van der Waals surface area contributed by atoms with Crippen molar-refractivity contribution < 1.29 is 4.79 Å². The van der Waals surface area contributed by atoms with Crippen LogP contribution in [0.2, 0.25) is 0 Å². The van der Waals surface area contributed by atoms with E-state index in [1.165, 1.54) is 5.56 Å². The number of carbonyl (C=O) groups is 1. The van der Waals surface area contributed by atoms with E-state index in [4.69, 9.17) is 17.3 Å². The van der Waals surface area contributed by atoms with Crippen LogP contribution < -0.4 is 16.4 Å². The van der Waals surface area contributed by atoms with Gasteiger partial charge in [0.05, 0.1) is 5.69 Å². The molecule has 0 aliphatic rings. The van der Waals surface area contributed by atoms with Crippen LogP contribution in [0.25, 0.3) is 0 Å². The number of hydrogen-bond acceptors (Lipinski definition) is 5. The predicted octanol–water partition coefficient (Wildman–Crippen LogP) is 5.57. The molecular formula is C27H26ClN5O. The summed E-state index contributed by atoms with van der Waals surface area (Å²) in [6.45, 7) is 2.33. The molecule has 172 valence electrons. The summed E-state index contributed by atoms with van der Waals surface area (Å²) in [6.07, 6.45) is 2.55. The molecular weight excluding hydrogens is 446 g/mol. The molecule has 0 atom stereocenters. The number of alkyl halides is 1. The normalized spacial score (nSPS) is 10.7. The highest BCUT2D eigenvalue weighted by Gasteiger charge is 2.11. The summed E-state index contributed by atoms with van der Waals surface area (Å²) >= 11 is 5.93. The van der Waals surface area contributed by atoms with Gasteiger partial charge in [0.2, 0.25) is 5.95 Å². The number of carbonyl (C=O) groups excluding carboxylic acids is 1. The lowest BCUT2D eigenvalue weighted by Gasteiger charge is -2.12. The lowest BCUT2D eigenvalue weighted by molar-refractivity contribution is 0.102. The maximum absolute atomic E-state index is 12.8. The van der Waals surface area contributed by atoms with Gasteiger partial charge in [-0.25, -0.2) is 9.97 Å². The van der Waals surface area contributed by atoms with Gasteiger partial charge < -0.3 is 16.4 Å². The molecule has 0 aliphatic carbocycles. The van der Waals surface area contributed by atoms with Crippen molar-refractivity contribution in [3.63, 3.8) is 0 Å². The zero-order valence-electron chi connectivity index (χ0n) is 18.9. The van der Waals surface area contributed by atoms with E-state index in [0.29, 0.717) is 29.6 Å². The molecule has 0 spiro atoms. The molecule has 4 aromatic rings. The smallest absolute Gasteiger partial charge is 0.255 e. The molecule has 0 unspecified atom stereocenters. The third kappa shape index (κ3) is 5.78. The summed E-state index contributed by atoms with van der Waals surface area (Å²) in [5.74, 6) is 0.659. The minimum Gasteiger partial charge on any atom is -0.326 e. The zero-order valence-corrected chi connectivity index (χ0v) is 19.6. The van der Waals surface area contributed by atoms with Gasteiger partial charge >= 0.3 is 0 Å². The first kappa shape index (κ1) is 23.4. The van der Waals surface area contributed by atoms with Crippen molar-refractivity contribution in [1.29, 1.82) is 0 Å². The Kier molecular flexibility index (Phi) is 7.52. The van der Waals surface area contributed by atoms with Crippen LogP contribution in [0.3, 0.4) is 0 Å². The van der Waals surface area contributed by atoms with Gasteiger partial charge in [0, 0.05) is 42.0 Å². The number of aryl methyl sites for hydroxylation is 1. The van der Waals surface area contributed by atoms with Gasteiger partial charge in [-0.15, -0.1) is 11.6 Å². The molecule has 1 aromatic heterocycles. The number of amides is 1. The molecule has 0 radical (unpaired) electrons. The monoisotopic (exact) mass is 471 g/mol. The Morgan fingerprint density at radius 2 is 1.76 bits per heavy atom. The minimum absolute atomic E-state index is 0.218. The maximum atomic E-state index is 12.8. The summed E-state index contributed by atoms with van der Waals surface area (Å²) in [6, 6.07) is 23.0. The topological polar surface area (TPSA) is 92.9 Å². The zero-order chi connectivity index (χ0) is 23.9. The van der Waals surface area contributed by atoms with Crippen LogP contribution in [0.5, 0.6) is 0 Å². The number of hydrogen-bond donors (Lipinski definition) is 3. The van der Waals surface area contributed by atoms with Gasteiger partial charge in [0.15, 0.2) is 0 Å². The largest absolute Gasteiger partial charge is 0.326 e. The number of halogens is 1. The van der Waals surface area contributed by atoms with Crippen molar-refractivity contribution in [3.8, 4) is 0 Å². The van der Waals surface area contributed by atoms with E-state index in [1.807, 2.05) is 61.7 Å². The van der Waals surface area contributed by atoms with E-state index >= 15 is 0 Å². The first-order valence-corrected chi connectivity index (χ1v) is 11.5. The van der Waals surface area contributed by atoms with Crippen LogP contribution in [0.15, 0.2) is 79.0 Å². The molecule has 0 fully saturated rings. The molecule has 4 N–H and O–H groups in total. The number of nitrogens with two attached hydrogens (primary N) is 1. The highest BCUT2D eigenvalue weighted by molar-refractivity contribution is 6.17. The predicted molar refractivity (Wildman–Crippen MR) is 138 cm³/mol. The Morgan fingerprint density at radius 1 is 1.00 bits per heavy atom. The van der Waals surface area contributed by atoms with Crippen LogP contribution >= 0.6 is 11.6 Å². The summed E-state index contributed by atoms with van der Waals surface area (Å²) < 4.78 is 0. The number of nitrogens with one attached hydrogen (secondary N) is 2. The second-order valence-electron chi connectivity index (χ2n) is 7.97. The Labute approximate surface area is 204 Å². The summed E-state index contributed by atoms with van der Waals surface area (Å²) in [7, 11) is 0. The third-order valence-electron chi connectivity index (χ3n) is 5.49. The minimum atomic E-state index is -0.218. The molecule has 1 amide bonds. The summed E-state index contributed by atoms with van der Waals surface area (Å²) in [4.78, 5) is 21.9. The van der Waals surface area contributed by atoms with Gasteiger partial charge in [-0.05, 0) is 59.5 Å². The van der Waals surface area contributed by atoms with Crippen molar-refractivity contribution in [2.24, 2.45) is 5.73 Å². The molecule has 34 heavy (non-hydrogen) atoms. The average molecular weight is 472 g/mol. The van der Waals surface area contributed by atoms with Crippen LogP contribution in [-0.4, -0.2) is 15.9 Å². The van der Waals surface area contributed by atoms with Gasteiger partial charge in [0.25, 0.3) is 5.91 Å². The fourth-order valence-corrected chi connectivity index (χ4v) is 3.70. The first-order chi connectivity index (χ1) is 16.6. The van der Waals surface area contributed by atoms with E-state index < -0.39 is 0 Å². The fourth-order valence-electron chi connectivity index (χ4n) is 3.54. The standard InChI is InChI=1S/C27H26ClN5O/c1-18-17-30-27(33-24(18)13-19-5-3-2-4-6-19)31-23-11-9-21(10-12-23)26(34)32-25-14-20(15-28)7-8-22(25)16-29/h2-12,14,17H,13,15-16,29H2,1H3,(H,32,34)(H,30,31,33). The first-order valence-electron chi connectivity index (χ1n) is 11.0. The maximum Gasteiger partial charge on any atom is 0.255 e. The summed E-state index contributed by atoms with van der Waals surface area (Å²) in [5.41, 5.74) is 12.8. The van der Waals surface area contributed by atoms with Gasteiger partial charge in [-0.3, -0.25) is 4.79 Å². The Bertz CT molecular complexity index is 1280. The number of rotatable bonds is 8. The van der Waals surface area contributed by atoms with Crippen LogP contribution in [-0.2, 0) is 18.8 Å². The Hall–Kier alpha value is -3.74. The second-order valence-corrected chi connectivity index (χ2v) is 8.24. The third-order valence-corrected chi connectivity index (χ3v) is 5.80. The van der Waals surface area contributed by atoms with E-state index in [9.17, 15) is 4.79 Å². The quantitative estimate of drug-likeness (QED) is 0.292. The molecule has 3 aromatic carbocycles. The summed E-state index contributed by atoms with van der Waals surface area (Å²) in [5, 5.41) is 6.16. The highest BCUT2D eigenvalue weighted by Crippen LogP contribution is 2.21. The molecule has 1 heterocycles. The molecule has 4 rings (SSSR count). The molecule has 0 saturated heterocycles. The fraction of sp³-hybridized carbons (Fsp3) is 0.148. The Morgan fingerprint density at radius 3 is 2.47 bits per heavy atom. The van der Waals surface area contributed by atoms with E-state index in [2.05, 4.69) is 32.7 Å². The van der Waals surface area contributed by atoms with Crippen LogP contribution in [0.1, 0.15) is 38.3 Å². The lowest BCUT2D eigenvalue weighted by Crippen LogP contribution is -2.14. The van der Waals surface area contributed by atoms with Crippen molar-refractivity contribution in [2.45, 2.75) is 25.8 Å². The molecule has 6 nitrogen and oxygen atoms in total. The van der Waals surface area contributed by atoms with Crippen molar-refractivity contribution in [1.82, 2.24) is 9.97 Å². The molecule has 0 saturated carbocycles. The number of aromatic nitrogens is 2. The second kappa shape index (κ2) is 10.9. The van der Waals surface area contributed by atoms with Gasteiger partial charge in [0.1, 0.15) is 0 Å². The van der Waals surface area contributed by atoms with E-state index in [-0.39, 0.29) is 5.91 Å². The highest BCUT2D eigenvalue weighted by atomic mass is 35.5. The number of anilines is 3. The van der Waals surface area contributed by atoms with Gasteiger partial charge in [-0.1, -0.05) is 42.5 Å². The van der Waals surface area contributed by atoms with Crippen molar-refractivity contribution in [3.05, 3.63) is 113 Å². The lowest BCUT2D eigenvalue weighted by atomic mass is 10.1. The van der Waals surface area contributed by atoms with Gasteiger partial charge in [-0.2, -0.15) is 0 Å². The Balaban J connectivity index is 1.45. The number of benzene rings is 3. The van der Waals surface area contributed by atoms with Crippen LogP contribution in [0, 0.1) is 6.92 Å². The van der Waals surface area contributed by atoms with Crippen molar-refractivity contribution in [2.75, 3.05) is 10.6 Å². The van der Waals surface area contributed by atoms with E-state index in [1.54, 1.807) is 12.1 Å². The number of nitrogens with zero attached hydrogens (tertiary/aromatic N) is 2. The molecule has 7 heteroatoms.